The minimum Gasteiger partial charge on any atom is -0.396 e. The van der Waals surface area contributed by atoms with Crippen LogP contribution in [-0.4, -0.2) is 11.7 Å². The molecule has 66 valence electrons. The Morgan fingerprint density at radius 1 is 1.50 bits per heavy atom. The lowest BCUT2D eigenvalue weighted by Gasteiger charge is -2.06. The van der Waals surface area contributed by atoms with Gasteiger partial charge in [0.25, 0.3) is 0 Å². The second-order valence-electron chi connectivity index (χ2n) is 3.57. The second-order valence-corrected chi connectivity index (χ2v) is 4.55. The summed E-state index contributed by atoms with van der Waals surface area (Å²) < 4.78 is 0. The molecule has 0 amide bonds. The lowest BCUT2D eigenvalue weighted by atomic mass is 10.0. The van der Waals surface area contributed by atoms with E-state index in [-0.39, 0.29) is 0 Å². The molecule has 1 fully saturated rings. The molecule has 1 N–H and O–H groups in total. The number of hydrogen-bond donors (Lipinski definition) is 1. The predicted molar refractivity (Wildman–Crippen MR) is 51.5 cm³/mol. The van der Waals surface area contributed by atoms with Gasteiger partial charge in [0, 0.05) is 11.5 Å². The third-order valence-corrected chi connectivity index (χ3v) is 3.78. The normalized spacial score (nSPS) is 29.4. The van der Waals surface area contributed by atoms with Crippen LogP contribution < -0.4 is 0 Å². The first-order valence-electron chi connectivity index (χ1n) is 4.54. The van der Waals surface area contributed by atoms with Crippen molar-refractivity contribution in [3.05, 3.63) is 22.4 Å². The second kappa shape index (κ2) is 3.58. The van der Waals surface area contributed by atoms with Crippen LogP contribution in [0.2, 0.25) is 0 Å². The highest BCUT2D eigenvalue weighted by atomic mass is 32.1. The molecule has 1 aliphatic carbocycles. The van der Waals surface area contributed by atoms with Crippen LogP contribution >= 0.6 is 11.3 Å². The van der Waals surface area contributed by atoms with Crippen LogP contribution in [0, 0.1) is 5.92 Å². The van der Waals surface area contributed by atoms with E-state index < -0.39 is 0 Å². The van der Waals surface area contributed by atoms with E-state index >= 15 is 0 Å². The van der Waals surface area contributed by atoms with Gasteiger partial charge in [-0.3, -0.25) is 0 Å². The molecule has 0 saturated heterocycles. The lowest BCUT2D eigenvalue weighted by molar-refractivity contribution is 0.229. The molecule has 0 radical (unpaired) electrons. The average Bonchev–Trinajstić information content (AvgIpc) is 2.75. The lowest BCUT2D eigenvalue weighted by Crippen LogP contribution is -1.99. The summed E-state index contributed by atoms with van der Waals surface area (Å²) in [6, 6.07) is 4.33. The number of aliphatic hydroxyl groups is 1. The van der Waals surface area contributed by atoms with Crippen molar-refractivity contribution in [2.45, 2.75) is 25.2 Å². The van der Waals surface area contributed by atoms with Crippen LogP contribution in [-0.2, 0) is 0 Å². The van der Waals surface area contributed by atoms with Gasteiger partial charge in [-0.05, 0) is 42.5 Å². The number of aliphatic hydroxyl groups excluding tert-OH is 1. The summed E-state index contributed by atoms with van der Waals surface area (Å²) in [6.45, 7) is 0.377. The molecular formula is C10H14OS. The fourth-order valence-corrected chi connectivity index (χ4v) is 2.90. The average molecular weight is 182 g/mol. The molecule has 1 aromatic heterocycles. The zero-order valence-corrected chi connectivity index (χ0v) is 7.89. The van der Waals surface area contributed by atoms with E-state index in [0.717, 1.165) is 5.92 Å². The van der Waals surface area contributed by atoms with Crippen molar-refractivity contribution >= 4 is 11.3 Å². The first kappa shape index (κ1) is 8.27. The summed E-state index contributed by atoms with van der Waals surface area (Å²) in [5, 5.41) is 11.1. The molecule has 2 atom stereocenters. The van der Waals surface area contributed by atoms with Gasteiger partial charge in [-0.1, -0.05) is 6.07 Å². The van der Waals surface area contributed by atoms with Gasteiger partial charge in [0.2, 0.25) is 0 Å². The maximum atomic E-state index is 8.98. The topological polar surface area (TPSA) is 20.2 Å². The van der Waals surface area contributed by atoms with E-state index in [1.165, 1.54) is 24.1 Å². The van der Waals surface area contributed by atoms with Gasteiger partial charge in [-0.25, -0.2) is 0 Å². The van der Waals surface area contributed by atoms with E-state index in [1.807, 2.05) is 11.3 Å². The summed E-state index contributed by atoms with van der Waals surface area (Å²) >= 11 is 1.85. The first-order valence-corrected chi connectivity index (χ1v) is 5.42. The van der Waals surface area contributed by atoms with Crippen molar-refractivity contribution in [3.8, 4) is 0 Å². The van der Waals surface area contributed by atoms with Crippen LogP contribution in [0.3, 0.4) is 0 Å². The third-order valence-electron chi connectivity index (χ3n) is 2.74. The smallest absolute Gasteiger partial charge is 0.0459 e. The quantitative estimate of drug-likeness (QED) is 0.745. The van der Waals surface area contributed by atoms with Crippen LogP contribution in [0.4, 0.5) is 0 Å². The van der Waals surface area contributed by atoms with Crippen molar-refractivity contribution in [1.82, 2.24) is 0 Å². The van der Waals surface area contributed by atoms with Crippen molar-refractivity contribution in [2.75, 3.05) is 6.61 Å². The Morgan fingerprint density at radius 2 is 2.42 bits per heavy atom. The van der Waals surface area contributed by atoms with E-state index in [1.54, 1.807) is 0 Å². The third kappa shape index (κ3) is 1.54. The monoisotopic (exact) mass is 182 g/mol. The Kier molecular flexibility index (Phi) is 2.47. The Morgan fingerprint density at radius 3 is 3.00 bits per heavy atom. The molecular weight excluding hydrogens is 168 g/mol. The molecule has 1 heterocycles. The molecule has 0 aliphatic heterocycles. The number of hydrogen-bond acceptors (Lipinski definition) is 2. The zero-order valence-electron chi connectivity index (χ0n) is 7.07. The van der Waals surface area contributed by atoms with Crippen molar-refractivity contribution in [3.63, 3.8) is 0 Å². The van der Waals surface area contributed by atoms with Crippen LogP contribution in [0.25, 0.3) is 0 Å². The molecule has 1 saturated carbocycles. The molecule has 1 nitrogen and oxygen atoms in total. The van der Waals surface area contributed by atoms with E-state index in [4.69, 9.17) is 5.11 Å². The molecule has 1 aliphatic rings. The van der Waals surface area contributed by atoms with E-state index in [2.05, 4.69) is 17.5 Å². The van der Waals surface area contributed by atoms with Gasteiger partial charge in [-0.15, -0.1) is 11.3 Å². The van der Waals surface area contributed by atoms with E-state index in [0.29, 0.717) is 12.5 Å². The number of rotatable bonds is 2. The molecule has 2 rings (SSSR count). The summed E-state index contributed by atoms with van der Waals surface area (Å²) in [5.74, 6) is 1.30. The zero-order chi connectivity index (χ0) is 8.39. The summed E-state index contributed by atoms with van der Waals surface area (Å²) in [6.07, 6.45) is 3.67. The van der Waals surface area contributed by atoms with Gasteiger partial charge >= 0.3 is 0 Å². The first-order chi connectivity index (χ1) is 5.90. The van der Waals surface area contributed by atoms with Crippen LogP contribution in [0.15, 0.2) is 17.5 Å². The van der Waals surface area contributed by atoms with E-state index in [9.17, 15) is 0 Å². The van der Waals surface area contributed by atoms with Gasteiger partial charge in [0.05, 0.1) is 0 Å². The van der Waals surface area contributed by atoms with Crippen molar-refractivity contribution in [1.29, 1.82) is 0 Å². The molecule has 0 aromatic carbocycles. The Labute approximate surface area is 77.0 Å². The highest BCUT2D eigenvalue weighted by Gasteiger charge is 2.25. The molecule has 1 aromatic rings. The van der Waals surface area contributed by atoms with Gasteiger partial charge in [-0.2, -0.15) is 0 Å². The molecule has 0 unspecified atom stereocenters. The van der Waals surface area contributed by atoms with Crippen LogP contribution in [0.1, 0.15) is 30.1 Å². The van der Waals surface area contributed by atoms with Gasteiger partial charge in [0.1, 0.15) is 0 Å². The highest BCUT2D eigenvalue weighted by Crippen LogP contribution is 2.39. The maximum absolute atomic E-state index is 8.98. The Balaban J connectivity index is 2.00. The van der Waals surface area contributed by atoms with Crippen molar-refractivity contribution in [2.24, 2.45) is 5.92 Å². The Bertz CT molecular complexity index is 230. The molecule has 12 heavy (non-hydrogen) atoms. The summed E-state index contributed by atoms with van der Waals surface area (Å²) in [7, 11) is 0. The van der Waals surface area contributed by atoms with Crippen LogP contribution in [0.5, 0.6) is 0 Å². The fourth-order valence-electron chi connectivity index (χ4n) is 2.02. The largest absolute Gasteiger partial charge is 0.396 e. The standard InChI is InChI=1S/C10H14OS/c11-7-8-3-4-9(6-8)10-2-1-5-12-10/h1-2,5,8-9,11H,3-4,6-7H2/t8-,9-/m0/s1. The SMILES string of the molecule is OC[C@H]1CC[C@H](c2cccs2)C1. The number of thiophene rings is 1. The summed E-state index contributed by atoms with van der Waals surface area (Å²) in [5.41, 5.74) is 0. The predicted octanol–water partition coefficient (Wildman–Crippen LogP) is 2.62. The summed E-state index contributed by atoms with van der Waals surface area (Å²) in [4.78, 5) is 1.51. The molecule has 0 spiro atoms. The highest BCUT2D eigenvalue weighted by molar-refractivity contribution is 7.10. The molecule has 0 bridgehead atoms. The van der Waals surface area contributed by atoms with Gasteiger partial charge in [0.15, 0.2) is 0 Å². The van der Waals surface area contributed by atoms with Gasteiger partial charge < -0.3 is 5.11 Å². The minimum atomic E-state index is 0.377. The maximum Gasteiger partial charge on any atom is 0.0459 e. The Hall–Kier alpha value is -0.340. The fraction of sp³-hybridized carbons (Fsp3) is 0.600. The minimum absolute atomic E-state index is 0.377. The molecule has 2 heteroatoms. The van der Waals surface area contributed by atoms with Crippen molar-refractivity contribution < 1.29 is 5.11 Å².